The molecule has 0 aromatic carbocycles. The third-order valence-electron chi connectivity index (χ3n) is 6.63. The van der Waals surface area contributed by atoms with Crippen LogP contribution in [0.5, 0.6) is 0 Å². The van der Waals surface area contributed by atoms with E-state index in [1.807, 2.05) is 0 Å². The second-order valence-corrected chi connectivity index (χ2v) is 11.1. The molecule has 4 saturated carbocycles. The van der Waals surface area contributed by atoms with E-state index in [1.54, 1.807) is 0 Å². The van der Waals surface area contributed by atoms with Crippen molar-refractivity contribution in [2.45, 2.75) is 62.9 Å². The van der Waals surface area contributed by atoms with Gasteiger partial charge in [-0.2, -0.15) is 0 Å². The first-order valence-electron chi connectivity index (χ1n) is 9.11. The van der Waals surface area contributed by atoms with Crippen LogP contribution in [0.1, 0.15) is 38.5 Å². The lowest BCUT2D eigenvalue weighted by Crippen LogP contribution is -2.54. The lowest BCUT2D eigenvalue weighted by Gasteiger charge is -2.59. The minimum atomic E-state index is -5.50. The Labute approximate surface area is 157 Å². The highest BCUT2D eigenvalue weighted by Crippen LogP contribution is 2.63. The monoisotopic (exact) mass is 426 g/mol. The molecule has 1 aliphatic heterocycles. The molecule has 156 valence electrons. The highest BCUT2D eigenvalue weighted by molar-refractivity contribution is 7.85. The van der Waals surface area contributed by atoms with E-state index < -0.39 is 49.2 Å². The topological polar surface area (TPSA) is 165 Å². The highest BCUT2D eigenvalue weighted by atomic mass is 32.3. The molecule has 0 amide bonds. The molecule has 4 bridgehead atoms. The average molecular weight is 426 g/mol. The first-order chi connectivity index (χ1) is 12.5. The first-order valence-corrected chi connectivity index (χ1v) is 11.9. The maximum Gasteiger partial charge on any atom is 0.282 e. The van der Waals surface area contributed by atoms with E-state index in [9.17, 15) is 32.6 Å². The van der Waals surface area contributed by atoms with Crippen LogP contribution in [-0.2, 0) is 28.2 Å². The van der Waals surface area contributed by atoms with Crippen molar-refractivity contribution in [2.24, 2.45) is 23.2 Å². The van der Waals surface area contributed by atoms with Gasteiger partial charge in [-0.3, -0.25) is 4.57 Å². The fourth-order valence-corrected chi connectivity index (χ4v) is 7.61. The molecule has 0 spiro atoms. The van der Waals surface area contributed by atoms with Crippen molar-refractivity contribution >= 4 is 18.2 Å². The Kier molecular flexibility index (Phi) is 5.02. The number of phosphoric ester groups is 1. The molecular weight excluding hydrogens is 403 g/mol. The molecular formula is C15H23O10PS-2. The fourth-order valence-electron chi connectivity index (χ4n) is 6.22. The number of aliphatic hydroxyl groups excluding tert-OH is 2. The quantitative estimate of drug-likeness (QED) is 0.326. The van der Waals surface area contributed by atoms with E-state index in [0.29, 0.717) is 17.8 Å². The van der Waals surface area contributed by atoms with E-state index in [1.165, 1.54) is 19.3 Å². The molecule has 2 N–H and O–H groups in total. The average Bonchev–Trinajstić information content (AvgIpc) is 2.78. The van der Waals surface area contributed by atoms with Gasteiger partial charge in [-0.1, -0.05) is 0 Å². The molecule has 5 fully saturated rings. The molecule has 0 aromatic heterocycles. The van der Waals surface area contributed by atoms with Crippen LogP contribution in [0.2, 0.25) is 0 Å². The summed E-state index contributed by atoms with van der Waals surface area (Å²) in [5, 5.41) is 20.8. The minimum Gasteiger partial charge on any atom is -0.755 e. The summed E-state index contributed by atoms with van der Waals surface area (Å²) in [6, 6.07) is 0. The maximum absolute atomic E-state index is 11.4. The lowest BCUT2D eigenvalue weighted by molar-refractivity contribution is -0.220. The number of hydrogen-bond donors (Lipinski definition) is 2. The van der Waals surface area contributed by atoms with Crippen molar-refractivity contribution in [1.82, 2.24) is 0 Å². The molecule has 4 aliphatic carbocycles. The summed E-state index contributed by atoms with van der Waals surface area (Å²) in [4.78, 5) is 11.4. The van der Waals surface area contributed by atoms with Gasteiger partial charge in [0.05, 0.1) is 12.7 Å². The third kappa shape index (κ3) is 3.99. The zero-order chi connectivity index (χ0) is 19.6. The number of hydrogen-bond acceptors (Lipinski definition) is 10. The van der Waals surface area contributed by atoms with Crippen molar-refractivity contribution in [3.63, 3.8) is 0 Å². The minimum absolute atomic E-state index is 0.236. The van der Waals surface area contributed by atoms with Gasteiger partial charge in [0.25, 0.3) is 7.82 Å². The summed E-state index contributed by atoms with van der Waals surface area (Å²) in [7, 11) is -10.9. The van der Waals surface area contributed by atoms with Crippen LogP contribution in [0.15, 0.2) is 0 Å². The number of rotatable bonds is 6. The van der Waals surface area contributed by atoms with Gasteiger partial charge in [0, 0.05) is 5.41 Å². The molecule has 0 radical (unpaired) electrons. The Hall–Kier alpha value is -0.100. The van der Waals surface area contributed by atoms with Crippen molar-refractivity contribution < 1.29 is 45.9 Å². The second-order valence-electron chi connectivity index (χ2n) is 8.58. The molecule has 5 atom stereocenters. The molecule has 1 saturated heterocycles. The zero-order valence-corrected chi connectivity index (χ0v) is 16.2. The van der Waals surface area contributed by atoms with Crippen LogP contribution in [0.25, 0.3) is 0 Å². The molecule has 10 nitrogen and oxygen atoms in total. The predicted molar refractivity (Wildman–Crippen MR) is 85.6 cm³/mol. The molecule has 27 heavy (non-hydrogen) atoms. The summed E-state index contributed by atoms with van der Waals surface area (Å²) in [6.07, 6.45) is 1.95. The SMILES string of the molecule is O=P([O-])(OCC1OC(C23CC4CC(CC(C4)C2)C3)C(O)C1O)OS(=O)(=O)[O-]. The zero-order valence-electron chi connectivity index (χ0n) is 14.5. The van der Waals surface area contributed by atoms with Gasteiger partial charge >= 0.3 is 0 Å². The highest BCUT2D eigenvalue weighted by Gasteiger charge is 2.60. The summed E-state index contributed by atoms with van der Waals surface area (Å²) in [5.41, 5.74) is -0.236. The Balaban J connectivity index is 1.43. The first kappa shape index (κ1) is 20.2. The molecule has 5 unspecified atom stereocenters. The lowest BCUT2D eigenvalue weighted by atomic mass is 9.48. The van der Waals surface area contributed by atoms with Crippen LogP contribution >= 0.6 is 7.82 Å². The predicted octanol–water partition coefficient (Wildman–Crippen LogP) is -0.346. The van der Waals surface area contributed by atoms with Gasteiger partial charge in [0.2, 0.25) is 10.4 Å². The maximum atomic E-state index is 11.4. The summed E-state index contributed by atoms with van der Waals surface area (Å²) in [6.45, 7) is -0.753. The molecule has 5 aliphatic rings. The van der Waals surface area contributed by atoms with Gasteiger partial charge < -0.3 is 28.9 Å². The fraction of sp³-hybridized carbons (Fsp3) is 1.00. The summed E-state index contributed by atoms with van der Waals surface area (Å²) < 4.78 is 56.2. The van der Waals surface area contributed by atoms with Crippen molar-refractivity contribution in [2.75, 3.05) is 6.61 Å². The second kappa shape index (κ2) is 6.72. The smallest absolute Gasteiger partial charge is 0.282 e. The molecule has 5 rings (SSSR count). The van der Waals surface area contributed by atoms with E-state index >= 15 is 0 Å². The van der Waals surface area contributed by atoms with Crippen LogP contribution in [0, 0.1) is 23.2 Å². The standard InChI is InChI=1S/C15H25O10PS/c16-12-11(7-23-26(18,19)25-27(20,21)22)24-14(13(12)17)15-4-8-1-9(5-15)3-10(2-8)6-15/h8-14,16-17H,1-7H2,(H,18,19)(H,20,21,22)/p-2. The Morgan fingerprint density at radius 2 is 1.59 bits per heavy atom. The van der Waals surface area contributed by atoms with Gasteiger partial charge in [0.15, 0.2) is 0 Å². The van der Waals surface area contributed by atoms with Crippen LogP contribution < -0.4 is 4.89 Å². The third-order valence-corrected chi connectivity index (χ3v) is 8.56. The Bertz CT molecular complexity index is 704. The normalized spacial score (nSPS) is 48.7. The van der Waals surface area contributed by atoms with Crippen molar-refractivity contribution in [3.8, 4) is 0 Å². The van der Waals surface area contributed by atoms with Crippen LogP contribution in [0.3, 0.4) is 0 Å². The Morgan fingerprint density at radius 3 is 2.07 bits per heavy atom. The number of ether oxygens (including phenoxy) is 1. The number of aliphatic hydroxyl groups is 2. The van der Waals surface area contributed by atoms with E-state index in [4.69, 9.17) is 4.74 Å². The van der Waals surface area contributed by atoms with Gasteiger partial charge in [-0.05, 0) is 56.3 Å². The number of phosphoric acid groups is 1. The van der Waals surface area contributed by atoms with Crippen molar-refractivity contribution in [1.29, 1.82) is 0 Å². The van der Waals surface area contributed by atoms with Gasteiger partial charge in [0.1, 0.15) is 18.3 Å². The van der Waals surface area contributed by atoms with Gasteiger partial charge in [-0.25, -0.2) is 12.4 Å². The summed E-state index contributed by atoms with van der Waals surface area (Å²) >= 11 is 0. The largest absolute Gasteiger partial charge is 0.755 e. The molecule has 1 heterocycles. The van der Waals surface area contributed by atoms with Crippen molar-refractivity contribution in [3.05, 3.63) is 0 Å². The molecule has 12 heteroatoms. The van der Waals surface area contributed by atoms with Crippen LogP contribution in [0.4, 0.5) is 0 Å². The van der Waals surface area contributed by atoms with E-state index in [0.717, 1.165) is 19.3 Å². The van der Waals surface area contributed by atoms with E-state index in [2.05, 4.69) is 8.49 Å². The van der Waals surface area contributed by atoms with Crippen LogP contribution in [-0.4, -0.2) is 54.2 Å². The molecule has 0 aromatic rings. The summed E-state index contributed by atoms with van der Waals surface area (Å²) in [5.74, 6) is 1.78. The van der Waals surface area contributed by atoms with Gasteiger partial charge in [-0.15, -0.1) is 0 Å². The van der Waals surface area contributed by atoms with E-state index in [-0.39, 0.29) is 5.41 Å². The Morgan fingerprint density at radius 1 is 1.07 bits per heavy atom.